The minimum Gasteiger partial charge on any atom is -0.508 e. The standard InChI is InChI=1S/C18H18FNO2/c1-12-6-7-13(10-17(12)21)18(22)20-9-8-14(11-20)15-4-2-3-5-16(15)19/h2-7,10,14,21H,8-9,11H2,1H3/t14-/m1/s1. The van der Waals surface area contributed by atoms with Crippen molar-refractivity contribution in [1.29, 1.82) is 0 Å². The van der Waals surface area contributed by atoms with Crippen molar-refractivity contribution in [2.75, 3.05) is 13.1 Å². The summed E-state index contributed by atoms with van der Waals surface area (Å²) in [7, 11) is 0. The molecular weight excluding hydrogens is 281 g/mol. The summed E-state index contributed by atoms with van der Waals surface area (Å²) < 4.78 is 13.9. The Bertz CT molecular complexity index is 714. The lowest BCUT2D eigenvalue weighted by Crippen LogP contribution is -2.28. The second-order valence-electron chi connectivity index (χ2n) is 5.76. The zero-order chi connectivity index (χ0) is 15.7. The molecule has 0 radical (unpaired) electrons. The van der Waals surface area contributed by atoms with Gasteiger partial charge in [-0.2, -0.15) is 0 Å². The monoisotopic (exact) mass is 299 g/mol. The fourth-order valence-corrected chi connectivity index (χ4v) is 2.93. The molecule has 0 saturated carbocycles. The number of rotatable bonds is 2. The highest BCUT2D eigenvalue weighted by Crippen LogP contribution is 2.30. The number of likely N-dealkylation sites (tertiary alicyclic amines) is 1. The van der Waals surface area contributed by atoms with E-state index in [9.17, 15) is 14.3 Å². The summed E-state index contributed by atoms with van der Waals surface area (Å²) in [6.45, 7) is 2.90. The third-order valence-electron chi connectivity index (χ3n) is 4.28. The van der Waals surface area contributed by atoms with Gasteiger partial charge in [-0.1, -0.05) is 24.3 Å². The fourth-order valence-electron chi connectivity index (χ4n) is 2.93. The van der Waals surface area contributed by atoms with Gasteiger partial charge in [0.1, 0.15) is 11.6 Å². The van der Waals surface area contributed by atoms with Gasteiger partial charge in [0.2, 0.25) is 0 Å². The van der Waals surface area contributed by atoms with Crippen molar-refractivity contribution in [3.05, 3.63) is 65.0 Å². The van der Waals surface area contributed by atoms with Crippen LogP contribution >= 0.6 is 0 Å². The molecule has 4 heteroatoms. The van der Waals surface area contributed by atoms with Crippen molar-refractivity contribution in [3.63, 3.8) is 0 Å². The zero-order valence-electron chi connectivity index (χ0n) is 12.4. The average Bonchev–Trinajstić information content (AvgIpc) is 2.99. The van der Waals surface area contributed by atoms with Crippen molar-refractivity contribution in [2.24, 2.45) is 0 Å². The Morgan fingerprint density at radius 2 is 2.05 bits per heavy atom. The Hall–Kier alpha value is -2.36. The molecule has 22 heavy (non-hydrogen) atoms. The van der Waals surface area contributed by atoms with E-state index in [0.717, 1.165) is 12.0 Å². The summed E-state index contributed by atoms with van der Waals surface area (Å²) in [6, 6.07) is 11.7. The predicted molar refractivity (Wildman–Crippen MR) is 82.5 cm³/mol. The molecule has 3 nitrogen and oxygen atoms in total. The van der Waals surface area contributed by atoms with E-state index in [2.05, 4.69) is 0 Å². The van der Waals surface area contributed by atoms with Crippen molar-refractivity contribution in [1.82, 2.24) is 4.90 Å². The van der Waals surface area contributed by atoms with Crippen LogP contribution in [0.4, 0.5) is 4.39 Å². The lowest BCUT2D eigenvalue weighted by Gasteiger charge is -2.17. The normalized spacial score (nSPS) is 17.7. The predicted octanol–water partition coefficient (Wildman–Crippen LogP) is 3.47. The van der Waals surface area contributed by atoms with Gasteiger partial charge in [0.15, 0.2) is 0 Å². The number of phenols is 1. The van der Waals surface area contributed by atoms with Crippen molar-refractivity contribution < 1.29 is 14.3 Å². The highest BCUT2D eigenvalue weighted by molar-refractivity contribution is 5.95. The number of aryl methyl sites for hydroxylation is 1. The molecule has 1 aliphatic heterocycles. The molecule has 0 unspecified atom stereocenters. The third kappa shape index (κ3) is 2.69. The third-order valence-corrected chi connectivity index (χ3v) is 4.28. The molecule has 0 aromatic heterocycles. The molecule has 1 aliphatic rings. The van der Waals surface area contributed by atoms with E-state index in [1.165, 1.54) is 12.1 Å². The van der Waals surface area contributed by atoms with E-state index in [-0.39, 0.29) is 23.4 Å². The summed E-state index contributed by atoms with van der Waals surface area (Å²) in [6.07, 6.45) is 0.754. The average molecular weight is 299 g/mol. The smallest absolute Gasteiger partial charge is 0.254 e. The van der Waals surface area contributed by atoms with Crippen LogP contribution in [0.25, 0.3) is 0 Å². The number of halogens is 1. The van der Waals surface area contributed by atoms with Crippen LogP contribution < -0.4 is 0 Å². The van der Waals surface area contributed by atoms with Gasteiger partial charge in [0.05, 0.1) is 0 Å². The quantitative estimate of drug-likeness (QED) is 0.922. The molecule has 1 amide bonds. The molecule has 0 aliphatic carbocycles. The number of phenolic OH excluding ortho intramolecular Hbond substituents is 1. The van der Waals surface area contributed by atoms with Crippen LogP contribution in [0.2, 0.25) is 0 Å². The number of nitrogens with zero attached hydrogens (tertiary/aromatic N) is 1. The van der Waals surface area contributed by atoms with Gasteiger partial charge < -0.3 is 10.0 Å². The van der Waals surface area contributed by atoms with Crippen LogP contribution in [0.3, 0.4) is 0 Å². The van der Waals surface area contributed by atoms with Crippen LogP contribution in [0, 0.1) is 12.7 Å². The molecule has 3 rings (SSSR count). The highest BCUT2D eigenvalue weighted by Gasteiger charge is 2.29. The second kappa shape index (κ2) is 5.79. The molecule has 114 valence electrons. The first kappa shape index (κ1) is 14.6. The summed E-state index contributed by atoms with van der Waals surface area (Å²) in [5.74, 6) is -0.177. The molecule has 2 aromatic rings. The Balaban J connectivity index is 1.76. The molecule has 1 saturated heterocycles. The first-order valence-corrected chi connectivity index (χ1v) is 7.39. The highest BCUT2D eigenvalue weighted by atomic mass is 19.1. The lowest BCUT2D eigenvalue weighted by atomic mass is 9.98. The largest absolute Gasteiger partial charge is 0.508 e. The Morgan fingerprint density at radius 1 is 1.27 bits per heavy atom. The maximum absolute atomic E-state index is 13.9. The van der Waals surface area contributed by atoms with Gasteiger partial charge in [-0.15, -0.1) is 0 Å². The zero-order valence-corrected chi connectivity index (χ0v) is 12.4. The topological polar surface area (TPSA) is 40.5 Å². The fraction of sp³-hybridized carbons (Fsp3) is 0.278. The number of benzene rings is 2. The Kier molecular flexibility index (Phi) is 3.84. The lowest BCUT2D eigenvalue weighted by molar-refractivity contribution is 0.0790. The van der Waals surface area contributed by atoms with Crippen LogP contribution in [-0.4, -0.2) is 29.0 Å². The number of hydrogen-bond donors (Lipinski definition) is 1. The number of carbonyl (C=O) groups excluding carboxylic acids is 1. The maximum Gasteiger partial charge on any atom is 0.254 e. The van der Waals surface area contributed by atoms with Crippen molar-refractivity contribution in [3.8, 4) is 5.75 Å². The van der Waals surface area contributed by atoms with E-state index in [1.807, 2.05) is 6.07 Å². The van der Waals surface area contributed by atoms with Crippen LogP contribution in [0.15, 0.2) is 42.5 Å². The molecular formula is C18H18FNO2. The second-order valence-corrected chi connectivity index (χ2v) is 5.76. The van der Waals surface area contributed by atoms with E-state index < -0.39 is 0 Å². The van der Waals surface area contributed by atoms with Crippen LogP contribution in [-0.2, 0) is 0 Å². The number of carbonyl (C=O) groups is 1. The Morgan fingerprint density at radius 3 is 2.77 bits per heavy atom. The minimum atomic E-state index is -0.213. The molecule has 0 spiro atoms. The van der Waals surface area contributed by atoms with Gasteiger partial charge in [0, 0.05) is 24.6 Å². The SMILES string of the molecule is Cc1ccc(C(=O)N2CC[C@@H](c3ccccc3F)C2)cc1O. The molecule has 2 aromatic carbocycles. The van der Waals surface area contributed by atoms with Crippen molar-refractivity contribution >= 4 is 5.91 Å². The van der Waals surface area contributed by atoms with Crippen LogP contribution in [0.5, 0.6) is 5.75 Å². The molecule has 1 fully saturated rings. The minimum absolute atomic E-state index is 0.0317. The van der Waals surface area contributed by atoms with Gasteiger partial charge in [-0.3, -0.25) is 4.79 Å². The van der Waals surface area contributed by atoms with E-state index in [0.29, 0.717) is 24.2 Å². The molecule has 1 atom stereocenters. The van der Waals surface area contributed by atoms with Crippen molar-refractivity contribution in [2.45, 2.75) is 19.3 Å². The summed E-state index contributed by atoms with van der Waals surface area (Å²) >= 11 is 0. The van der Waals surface area contributed by atoms with E-state index >= 15 is 0 Å². The summed E-state index contributed by atoms with van der Waals surface area (Å²) in [5, 5.41) is 9.74. The van der Waals surface area contributed by atoms with Crippen LogP contribution in [0.1, 0.15) is 33.8 Å². The number of aromatic hydroxyl groups is 1. The molecule has 0 bridgehead atoms. The number of hydrogen-bond acceptors (Lipinski definition) is 2. The number of amides is 1. The van der Waals surface area contributed by atoms with Gasteiger partial charge >= 0.3 is 0 Å². The summed E-state index contributed by atoms with van der Waals surface area (Å²) in [4.78, 5) is 14.2. The first-order chi connectivity index (χ1) is 10.6. The van der Waals surface area contributed by atoms with E-state index in [4.69, 9.17) is 0 Å². The van der Waals surface area contributed by atoms with Gasteiger partial charge in [0.25, 0.3) is 5.91 Å². The summed E-state index contributed by atoms with van der Waals surface area (Å²) in [5.41, 5.74) is 1.88. The molecule has 1 N–H and O–H groups in total. The Labute approximate surface area is 129 Å². The molecule has 1 heterocycles. The first-order valence-electron chi connectivity index (χ1n) is 7.39. The van der Waals surface area contributed by atoms with Gasteiger partial charge in [-0.05, 0) is 42.7 Å². The van der Waals surface area contributed by atoms with E-state index in [1.54, 1.807) is 36.1 Å². The van der Waals surface area contributed by atoms with Gasteiger partial charge in [-0.25, -0.2) is 4.39 Å². The maximum atomic E-state index is 13.9.